The lowest BCUT2D eigenvalue weighted by Crippen LogP contribution is -2.21. The van der Waals surface area contributed by atoms with E-state index in [0.717, 1.165) is 22.3 Å². The number of carboxylic acid groups (broad SMARTS) is 2. The average Bonchev–Trinajstić information content (AvgIpc) is 2.62. The largest absolute Gasteiger partial charge is 0.545 e. The van der Waals surface area contributed by atoms with Crippen LogP contribution in [0, 0.1) is 0 Å². The minimum absolute atomic E-state index is 0.147. The fraction of sp³-hybridized carbons (Fsp3) is 0. The zero-order valence-electron chi connectivity index (χ0n) is 12.6. The van der Waals surface area contributed by atoms with Gasteiger partial charge in [-0.05, 0) is 39.9 Å². The van der Waals surface area contributed by atoms with Crippen molar-refractivity contribution >= 4 is 11.9 Å². The molecule has 0 amide bonds. The fourth-order valence-electron chi connectivity index (χ4n) is 2.46. The lowest BCUT2D eigenvalue weighted by atomic mass is 9.99. The first-order valence-corrected chi connectivity index (χ1v) is 7.30. The Kier molecular flexibility index (Phi) is 4.12. The van der Waals surface area contributed by atoms with Crippen molar-refractivity contribution in [3.8, 4) is 22.3 Å². The van der Waals surface area contributed by atoms with E-state index in [1.54, 1.807) is 36.4 Å². The molecular weight excluding hydrogens is 304 g/mol. The van der Waals surface area contributed by atoms with Gasteiger partial charge in [-0.15, -0.1) is 0 Å². The molecule has 24 heavy (non-hydrogen) atoms. The molecule has 0 aliphatic carbocycles. The molecule has 118 valence electrons. The summed E-state index contributed by atoms with van der Waals surface area (Å²) in [5.74, 6) is -2.14. The van der Waals surface area contributed by atoms with Gasteiger partial charge in [-0.1, -0.05) is 60.7 Å². The number of carbonyl (C=O) groups excluding carboxylic acids is 1. The van der Waals surface area contributed by atoms with Crippen LogP contribution in [0.5, 0.6) is 0 Å². The predicted octanol–water partition coefficient (Wildman–Crippen LogP) is 3.08. The van der Waals surface area contributed by atoms with Crippen LogP contribution in [0.25, 0.3) is 22.3 Å². The average molecular weight is 317 g/mol. The topological polar surface area (TPSA) is 77.4 Å². The van der Waals surface area contributed by atoms with Crippen molar-refractivity contribution in [2.45, 2.75) is 0 Å². The highest BCUT2D eigenvalue weighted by molar-refractivity contribution is 5.88. The highest BCUT2D eigenvalue weighted by Crippen LogP contribution is 2.25. The lowest BCUT2D eigenvalue weighted by Gasteiger charge is -2.07. The monoisotopic (exact) mass is 317 g/mol. The molecule has 0 saturated carbocycles. The van der Waals surface area contributed by atoms with Crippen LogP contribution in [0.15, 0.2) is 72.8 Å². The van der Waals surface area contributed by atoms with E-state index in [2.05, 4.69) is 0 Å². The molecule has 0 aliphatic rings. The Balaban J connectivity index is 1.84. The maximum absolute atomic E-state index is 10.9. The second-order valence-corrected chi connectivity index (χ2v) is 5.32. The zero-order valence-corrected chi connectivity index (χ0v) is 12.6. The normalized spacial score (nSPS) is 10.3. The van der Waals surface area contributed by atoms with Crippen molar-refractivity contribution in [1.29, 1.82) is 0 Å². The summed E-state index contributed by atoms with van der Waals surface area (Å²) >= 11 is 0. The van der Waals surface area contributed by atoms with Crippen LogP contribution in [0.3, 0.4) is 0 Å². The zero-order chi connectivity index (χ0) is 17.1. The molecule has 0 bridgehead atoms. The summed E-state index contributed by atoms with van der Waals surface area (Å²) in [4.78, 5) is 21.6. The number of carboxylic acids is 2. The van der Waals surface area contributed by atoms with Crippen molar-refractivity contribution in [3.05, 3.63) is 83.9 Å². The molecule has 0 saturated heterocycles. The molecule has 0 radical (unpaired) electrons. The van der Waals surface area contributed by atoms with Gasteiger partial charge >= 0.3 is 5.97 Å². The van der Waals surface area contributed by atoms with E-state index in [9.17, 15) is 14.7 Å². The molecule has 0 spiro atoms. The maximum Gasteiger partial charge on any atom is 0.335 e. The Hall–Kier alpha value is -3.40. The number of rotatable bonds is 4. The number of carbonyl (C=O) groups is 2. The molecule has 4 heteroatoms. The third-order valence-corrected chi connectivity index (χ3v) is 3.80. The van der Waals surface area contributed by atoms with Gasteiger partial charge in [-0.2, -0.15) is 0 Å². The molecule has 1 N–H and O–H groups in total. The summed E-state index contributed by atoms with van der Waals surface area (Å²) in [6, 6.07) is 21.0. The van der Waals surface area contributed by atoms with Gasteiger partial charge in [0.25, 0.3) is 0 Å². The second kappa shape index (κ2) is 6.38. The predicted molar refractivity (Wildman–Crippen MR) is 88.6 cm³/mol. The second-order valence-electron chi connectivity index (χ2n) is 5.32. The summed E-state index contributed by atoms with van der Waals surface area (Å²) in [5, 5.41) is 19.7. The van der Waals surface area contributed by atoms with Crippen LogP contribution in [0.4, 0.5) is 0 Å². The third-order valence-electron chi connectivity index (χ3n) is 3.80. The van der Waals surface area contributed by atoms with Crippen molar-refractivity contribution in [1.82, 2.24) is 0 Å². The van der Waals surface area contributed by atoms with E-state index in [1.165, 1.54) is 12.1 Å². The Morgan fingerprint density at radius 3 is 1.17 bits per heavy atom. The Morgan fingerprint density at radius 1 is 0.583 bits per heavy atom. The first kappa shape index (κ1) is 15.5. The Morgan fingerprint density at radius 2 is 0.875 bits per heavy atom. The highest BCUT2D eigenvalue weighted by Gasteiger charge is 2.04. The van der Waals surface area contributed by atoms with Crippen LogP contribution in [0.2, 0.25) is 0 Å². The fourth-order valence-corrected chi connectivity index (χ4v) is 2.46. The Bertz CT molecular complexity index is 800. The Labute approximate surface area is 138 Å². The van der Waals surface area contributed by atoms with Crippen molar-refractivity contribution in [2.75, 3.05) is 0 Å². The molecular formula is C20H13O4-. The van der Waals surface area contributed by atoms with Gasteiger partial charge in [-0.3, -0.25) is 0 Å². The summed E-state index contributed by atoms with van der Waals surface area (Å²) in [5.41, 5.74) is 4.18. The SMILES string of the molecule is O=C([O-])c1ccc(-c2ccc(-c3ccc(C(=O)O)cc3)cc2)cc1. The van der Waals surface area contributed by atoms with Crippen LogP contribution in [0.1, 0.15) is 20.7 Å². The van der Waals surface area contributed by atoms with Crippen molar-refractivity contribution in [2.24, 2.45) is 0 Å². The van der Waals surface area contributed by atoms with Crippen LogP contribution in [-0.2, 0) is 0 Å². The minimum atomic E-state index is -1.19. The van der Waals surface area contributed by atoms with Gasteiger partial charge in [0.05, 0.1) is 11.5 Å². The molecule has 0 heterocycles. The summed E-state index contributed by atoms with van der Waals surface area (Å²) in [7, 11) is 0. The molecule has 4 nitrogen and oxygen atoms in total. The van der Waals surface area contributed by atoms with E-state index in [0.29, 0.717) is 0 Å². The van der Waals surface area contributed by atoms with Gasteiger partial charge in [0.2, 0.25) is 0 Å². The van der Waals surface area contributed by atoms with E-state index < -0.39 is 11.9 Å². The molecule has 0 unspecified atom stereocenters. The van der Waals surface area contributed by atoms with Gasteiger partial charge in [0.15, 0.2) is 0 Å². The third kappa shape index (κ3) is 3.17. The standard InChI is InChI=1S/C20H14O4/c21-19(22)17-9-5-15(6-10-17)13-1-2-14(4-3-13)16-7-11-18(12-8-16)20(23)24/h1-12H,(H,21,22)(H,23,24)/p-1. The molecule has 3 rings (SSSR count). The first-order chi connectivity index (χ1) is 11.5. The van der Waals surface area contributed by atoms with E-state index >= 15 is 0 Å². The van der Waals surface area contributed by atoms with E-state index in [4.69, 9.17) is 5.11 Å². The van der Waals surface area contributed by atoms with Gasteiger partial charge < -0.3 is 15.0 Å². The maximum atomic E-state index is 10.9. The quantitative estimate of drug-likeness (QED) is 0.802. The summed E-state index contributed by atoms with van der Waals surface area (Å²) in [6.45, 7) is 0. The molecule has 0 aromatic heterocycles. The number of benzene rings is 3. The van der Waals surface area contributed by atoms with Crippen LogP contribution in [-0.4, -0.2) is 17.0 Å². The van der Waals surface area contributed by atoms with Crippen molar-refractivity contribution in [3.63, 3.8) is 0 Å². The minimum Gasteiger partial charge on any atom is -0.545 e. The number of aromatic carboxylic acids is 2. The van der Waals surface area contributed by atoms with Gasteiger partial charge in [0.1, 0.15) is 0 Å². The summed E-state index contributed by atoms with van der Waals surface area (Å²) in [6.07, 6.45) is 0. The van der Waals surface area contributed by atoms with Crippen molar-refractivity contribution < 1.29 is 19.8 Å². The molecule has 3 aromatic carbocycles. The molecule has 3 aromatic rings. The number of hydrogen-bond acceptors (Lipinski definition) is 3. The van der Waals surface area contributed by atoms with E-state index in [-0.39, 0.29) is 11.1 Å². The van der Waals surface area contributed by atoms with Crippen LogP contribution < -0.4 is 5.11 Å². The number of hydrogen-bond donors (Lipinski definition) is 1. The highest BCUT2D eigenvalue weighted by atomic mass is 16.4. The van der Waals surface area contributed by atoms with E-state index in [1.807, 2.05) is 24.3 Å². The molecule has 0 aliphatic heterocycles. The van der Waals surface area contributed by atoms with Gasteiger partial charge in [-0.25, -0.2) is 4.79 Å². The first-order valence-electron chi connectivity index (χ1n) is 7.30. The van der Waals surface area contributed by atoms with Gasteiger partial charge in [0, 0.05) is 0 Å². The molecule has 0 fully saturated rings. The lowest BCUT2D eigenvalue weighted by molar-refractivity contribution is -0.255. The summed E-state index contributed by atoms with van der Waals surface area (Å²) < 4.78 is 0. The smallest absolute Gasteiger partial charge is 0.335 e. The van der Waals surface area contributed by atoms with Crippen LogP contribution >= 0.6 is 0 Å². The molecule has 0 atom stereocenters.